The number of carbonyl (C=O) groups excluding carboxylic acids is 2. The minimum atomic E-state index is -0.615. The van der Waals surface area contributed by atoms with Crippen LogP contribution in [0.4, 0.5) is 4.39 Å². The summed E-state index contributed by atoms with van der Waals surface area (Å²) in [4.78, 5) is 31.4. The lowest BCUT2D eigenvalue weighted by Crippen LogP contribution is -2.58. The molecule has 200 valence electrons. The maximum Gasteiger partial charge on any atom is 0.246 e. The van der Waals surface area contributed by atoms with E-state index in [0.29, 0.717) is 23.9 Å². The van der Waals surface area contributed by atoms with Crippen LogP contribution in [0.25, 0.3) is 0 Å². The first-order valence-electron chi connectivity index (χ1n) is 13.8. The number of likely N-dealkylation sites (tertiary alicyclic amines) is 2. The molecule has 5 atom stereocenters. The predicted octanol–water partition coefficient (Wildman–Crippen LogP) is 4.69. The fourth-order valence-electron chi connectivity index (χ4n) is 6.19. The van der Waals surface area contributed by atoms with Gasteiger partial charge in [-0.2, -0.15) is 0 Å². The zero-order chi connectivity index (χ0) is 26.2. The van der Waals surface area contributed by atoms with Crippen molar-refractivity contribution in [3.05, 3.63) is 29.6 Å². The van der Waals surface area contributed by atoms with Crippen LogP contribution < -0.4 is 10.1 Å². The summed E-state index contributed by atoms with van der Waals surface area (Å²) >= 11 is 0. The number of ether oxygens (including phenoxy) is 1. The first-order chi connectivity index (χ1) is 17.0. The van der Waals surface area contributed by atoms with Crippen LogP contribution in [0.3, 0.4) is 0 Å². The number of amides is 2. The second kappa shape index (κ2) is 10.7. The molecule has 1 saturated carbocycles. The minimum Gasteiger partial charge on any atom is -0.487 e. The van der Waals surface area contributed by atoms with Crippen LogP contribution >= 0.6 is 0 Å². The van der Waals surface area contributed by atoms with Crippen molar-refractivity contribution in [3.63, 3.8) is 0 Å². The number of nitrogens with one attached hydrogen (secondary N) is 1. The third-order valence-electron chi connectivity index (χ3n) is 8.58. The Morgan fingerprint density at radius 2 is 1.89 bits per heavy atom. The minimum absolute atomic E-state index is 0.0383. The van der Waals surface area contributed by atoms with Crippen molar-refractivity contribution in [1.82, 2.24) is 15.1 Å². The third kappa shape index (κ3) is 5.41. The van der Waals surface area contributed by atoms with Crippen molar-refractivity contribution < 1.29 is 18.7 Å². The molecule has 0 spiro atoms. The van der Waals surface area contributed by atoms with E-state index >= 15 is 0 Å². The van der Waals surface area contributed by atoms with Crippen molar-refractivity contribution in [2.24, 2.45) is 11.3 Å². The molecule has 2 aliphatic heterocycles. The Balaban J connectivity index is 1.61. The molecule has 0 aromatic heterocycles. The van der Waals surface area contributed by atoms with Crippen molar-refractivity contribution in [2.75, 3.05) is 13.1 Å². The highest BCUT2D eigenvalue weighted by molar-refractivity contribution is 5.89. The molecule has 3 aliphatic rings. The lowest BCUT2D eigenvalue weighted by atomic mass is 9.85. The Labute approximate surface area is 215 Å². The standard InChI is InChI=1S/C29H44FN3O3/c1-7-18(2)27(34)31-26(29(4,5)6)28(35)32-15-14-23-25(32)24(17-33(23)20-10-8-9-11-20)36-21-13-12-19(3)22(30)16-21/h12-13,16,18,20,23-26H,7-11,14-15,17H2,1-6H3,(H,31,34)/t18-,23-,24+,25+,26-/m1/s1. The monoisotopic (exact) mass is 501 g/mol. The summed E-state index contributed by atoms with van der Waals surface area (Å²) in [5.74, 6) is -0.0423. The van der Waals surface area contributed by atoms with Gasteiger partial charge in [0.15, 0.2) is 0 Å². The highest BCUT2D eigenvalue weighted by atomic mass is 19.1. The number of nitrogens with zero attached hydrogens (tertiary/aromatic N) is 2. The zero-order valence-electron chi connectivity index (χ0n) is 22.9. The molecular formula is C29H44FN3O3. The normalized spacial score (nSPS) is 26.6. The summed E-state index contributed by atoms with van der Waals surface area (Å²) < 4.78 is 20.7. The molecular weight excluding hydrogens is 457 g/mol. The Bertz CT molecular complexity index is 956. The molecule has 0 radical (unpaired) electrons. The van der Waals surface area contributed by atoms with E-state index in [2.05, 4.69) is 10.2 Å². The highest BCUT2D eigenvalue weighted by Crippen LogP contribution is 2.40. The molecule has 6 nitrogen and oxygen atoms in total. The molecule has 3 fully saturated rings. The van der Waals surface area contributed by atoms with Crippen LogP contribution in [0.1, 0.15) is 78.7 Å². The average molecular weight is 502 g/mol. The molecule has 2 heterocycles. The van der Waals surface area contributed by atoms with Gasteiger partial charge in [0.1, 0.15) is 23.7 Å². The summed E-state index contributed by atoms with van der Waals surface area (Å²) in [5, 5.41) is 3.07. The smallest absolute Gasteiger partial charge is 0.246 e. The van der Waals surface area contributed by atoms with Crippen molar-refractivity contribution in [1.29, 1.82) is 0 Å². The molecule has 36 heavy (non-hydrogen) atoms. The molecule has 1 N–H and O–H groups in total. The van der Waals surface area contributed by atoms with Crippen LogP contribution in [-0.4, -0.2) is 65.0 Å². The van der Waals surface area contributed by atoms with Gasteiger partial charge < -0.3 is 15.0 Å². The van der Waals surface area contributed by atoms with Crippen molar-refractivity contribution in [2.45, 2.75) is 110 Å². The van der Waals surface area contributed by atoms with Crippen molar-refractivity contribution >= 4 is 11.8 Å². The fourth-order valence-corrected chi connectivity index (χ4v) is 6.19. The molecule has 4 rings (SSSR count). The van der Waals surface area contributed by atoms with Gasteiger partial charge in [-0.3, -0.25) is 14.5 Å². The SMILES string of the molecule is CC[C@@H](C)C(=O)N[C@H](C(=O)N1CC[C@@H]2[C@H]1[C@@H](Oc1ccc(C)c(F)c1)CN2C1CCCC1)C(C)(C)C. The molecule has 7 heteroatoms. The van der Waals surface area contributed by atoms with Gasteiger partial charge in [-0.1, -0.05) is 53.5 Å². The average Bonchev–Trinajstić information content (AvgIpc) is 3.56. The van der Waals surface area contributed by atoms with E-state index in [4.69, 9.17) is 4.74 Å². The fraction of sp³-hybridized carbons (Fsp3) is 0.724. The zero-order valence-corrected chi connectivity index (χ0v) is 22.9. The Hall–Kier alpha value is -2.15. The summed E-state index contributed by atoms with van der Waals surface area (Å²) in [5.41, 5.74) is 0.153. The molecule has 0 unspecified atom stereocenters. The van der Waals surface area contributed by atoms with E-state index in [0.717, 1.165) is 19.4 Å². The second-order valence-electron chi connectivity index (χ2n) is 12.2. The van der Waals surface area contributed by atoms with Gasteiger partial charge in [0, 0.05) is 37.2 Å². The highest BCUT2D eigenvalue weighted by Gasteiger charge is 2.54. The van der Waals surface area contributed by atoms with Gasteiger partial charge in [-0.05, 0) is 49.7 Å². The molecule has 2 saturated heterocycles. The van der Waals surface area contributed by atoms with Gasteiger partial charge >= 0.3 is 0 Å². The predicted molar refractivity (Wildman–Crippen MR) is 139 cm³/mol. The topological polar surface area (TPSA) is 61.9 Å². The molecule has 1 aromatic rings. The lowest BCUT2D eigenvalue weighted by molar-refractivity contribution is -0.142. The molecule has 1 aromatic carbocycles. The van der Waals surface area contributed by atoms with Crippen LogP contribution in [0.5, 0.6) is 5.75 Å². The number of hydrogen-bond acceptors (Lipinski definition) is 4. The number of carbonyl (C=O) groups is 2. The van der Waals surface area contributed by atoms with E-state index in [9.17, 15) is 14.0 Å². The first-order valence-corrected chi connectivity index (χ1v) is 13.8. The summed E-state index contributed by atoms with van der Waals surface area (Å²) in [7, 11) is 0. The maximum atomic E-state index is 14.3. The van der Waals surface area contributed by atoms with Gasteiger partial charge in [0.2, 0.25) is 11.8 Å². The van der Waals surface area contributed by atoms with E-state index in [1.807, 2.05) is 45.6 Å². The Morgan fingerprint density at radius 3 is 2.50 bits per heavy atom. The number of fused-ring (bicyclic) bond motifs is 1. The maximum absolute atomic E-state index is 14.3. The number of benzene rings is 1. The van der Waals surface area contributed by atoms with Gasteiger partial charge in [-0.25, -0.2) is 4.39 Å². The largest absolute Gasteiger partial charge is 0.487 e. The first kappa shape index (κ1) is 26.9. The molecule has 0 bridgehead atoms. The summed E-state index contributed by atoms with van der Waals surface area (Å²) in [6.07, 6.45) is 6.22. The lowest BCUT2D eigenvalue weighted by Gasteiger charge is -2.37. The van der Waals surface area contributed by atoms with Crippen LogP contribution in [-0.2, 0) is 9.59 Å². The Morgan fingerprint density at radius 1 is 1.19 bits per heavy atom. The molecule has 1 aliphatic carbocycles. The van der Waals surface area contributed by atoms with Crippen LogP contribution in [0.15, 0.2) is 18.2 Å². The van der Waals surface area contributed by atoms with Crippen LogP contribution in [0, 0.1) is 24.1 Å². The number of rotatable bonds is 7. The number of hydrogen-bond donors (Lipinski definition) is 1. The summed E-state index contributed by atoms with van der Waals surface area (Å²) in [6.45, 7) is 13.0. The third-order valence-corrected chi connectivity index (χ3v) is 8.58. The number of aryl methyl sites for hydroxylation is 1. The van der Waals surface area contributed by atoms with Gasteiger partial charge in [-0.15, -0.1) is 0 Å². The second-order valence-corrected chi connectivity index (χ2v) is 12.2. The van der Waals surface area contributed by atoms with E-state index in [-0.39, 0.29) is 41.7 Å². The summed E-state index contributed by atoms with van der Waals surface area (Å²) in [6, 6.07) is 5.01. The van der Waals surface area contributed by atoms with E-state index in [1.54, 1.807) is 13.0 Å². The van der Waals surface area contributed by atoms with E-state index < -0.39 is 11.5 Å². The van der Waals surface area contributed by atoms with Gasteiger partial charge in [0.25, 0.3) is 0 Å². The van der Waals surface area contributed by atoms with E-state index in [1.165, 1.54) is 31.7 Å². The Kier molecular flexibility index (Phi) is 7.98. The van der Waals surface area contributed by atoms with Crippen molar-refractivity contribution in [3.8, 4) is 5.75 Å². The van der Waals surface area contributed by atoms with Crippen LogP contribution in [0.2, 0.25) is 0 Å². The van der Waals surface area contributed by atoms with Gasteiger partial charge in [0.05, 0.1) is 6.04 Å². The number of halogens is 1. The quantitative estimate of drug-likeness (QED) is 0.589. The molecule has 2 amide bonds.